The molecule has 0 aliphatic carbocycles. The Morgan fingerprint density at radius 1 is 0.966 bits per heavy atom. The lowest BCUT2D eigenvalue weighted by molar-refractivity contribution is 0.0993. The van der Waals surface area contributed by atoms with Crippen molar-refractivity contribution in [2.45, 2.75) is 31.2 Å². The molecule has 0 fully saturated rings. The number of para-hydroxylation sites is 2. The molecule has 0 N–H and O–H groups in total. The van der Waals surface area contributed by atoms with E-state index in [9.17, 15) is 4.79 Å². The van der Waals surface area contributed by atoms with Gasteiger partial charge in [0.1, 0.15) is 0 Å². The first-order valence-electron chi connectivity index (χ1n) is 9.35. The predicted molar refractivity (Wildman–Crippen MR) is 114 cm³/mol. The van der Waals surface area contributed by atoms with Crippen molar-refractivity contribution in [1.82, 2.24) is 24.8 Å². The minimum Gasteiger partial charge on any atom is -0.318 e. The number of benzene rings is 2. The lowest BCUT2D eigenvalue weighted by atomic mass is 10.1. The molecule has 0 unspecified atom stereocenters. The second-order valence-corrected chi connectivity index (χ2v) is 8.10. The fraction of sp³-hybridized carbons (Fsp3) is 0.182. The Hall–Kier alpha value is -3.19. The first kappa shape index (κ1) is 19.1. The number of nitrogens with zero attached hydrogens (tertiary/aromatic N) is 5. The molecule has 4 rings (SSSR count). The van der Waals surface area contributed by atoms with E-state index in [0.717, 1.165) is 28.3 Å². The number of Topliss-reactive ketones (excluding diaryl/α,β-unsaturated/α-hetero) is 1. The Morgan fingerprint density at radius 2 is 1.59 bits per heavy atom. The summed E-state index contributed by atoms with van der Waals surface area (Å²) in [5.41, 5.74) is 4.61. The van der Waals surface area contributed by atoms with Gasteiger partial charge in [-0.2, -0.15) is 4.68 Å². The molecule has 0 saturated carbocycles. The quantitative estimate of drug-likeness (QED) is 0.352. The molecule has 0 aliphatic heterocycles. The molecule has 4 aromatic rings. The van der Waals surface area contributed by atoms with Crippen molar-refractivity contribution in [3.05, 3.63) is 83.7 Å². The average molecular weight is 404 g/mol. The normalized spacial score (nSPS) is 12.1. The van der Waals surface area contributed by atoms with Crippen molar-refractivity contribution in [3.8, 4) is 11.4 Å². The van der Waals surface area contributed by atoms with Gasteiger partial charge >= 0.3 is 0 Å². The van der Waals surface area contributed by atoms with Gasteiger partial charge < -0.3 is 4.57 Å². The number of hydrogen-bond acceptors (Lipinski definition) is 5. The van der Waals surface area contributed by atoms with Crippen LogP contribution >= 0.6 is 11.8 Å². The third kappa shape index (κ3) is 3.73. The molecule has 0 aliphatic rings. The van der Waals surface area contributed by atoms with Crippen LogP contribution in [0.4, 0.5) is 0 Å². The zero-order chi connectivity index (χ0) is 20.4. The first-order valence-corrected chi connectivity index (χ1v) is 10.2. The van der Waals surface area contributed by atoms with Crippen LogP contribution in [0.15, 0.2) is 71.9 Å². The van der Waals surface area contributed by atoms with Gasteiger partial charge in [-0.25, -0.2) is 0 Å². The van der Waals surface area contributed by atoms with E-state index in [0.29, 0.717) is 5.16 Å². The maximum absolute atomic E-state index is 13.2. The van der Waals surface area contributed by atoms with Crippen LogP contribution in [0.1, 0.15) is 28.7 Å². The summed E-state index contributed by atoms with van der Waals surface area (Å²) in [6, 6.07) is 21.7. The monoisotopic (exact) mass is 403 g/mol. The number of rotatable bonds is 6. The third-order valence-corrected chi connectivity index (χ3v) is 5.84. The van der Waals surface area contributed by atoms with Crippen LogP contribution in [0.25, 0.3) is 11.4 Å². The van der Waals surface area contributed by atoms with Crippen molar-refractivity contribution >= 4 is 17.5 Å². The van der Waals surface area contributed by atoms with Crippen LogP contribution in [-0.2, 0) is 0 Å². The molecule has 0 amide bonds. The van der Waals surface area contributed by atoms with E-state index in [-0.39, 0.29) is 11.0 Å². The van der Waals surface area contributed by atoms with Crippen LogP contribution in [0, 0.1) is 13.8 Å². The summed E-state index contributed by atoms with van der Waals surface area (Å²) in [6.07, 6.45) is 0. The highest BCUT2D eigenvalue weighted by molar-refractivity contribution is 8.00. The number of ketones is 1. The number of aryl methyl sites for hydroxylation is 1. The number of tetrazole rings is 1. The molecule has 0 radical (unpaired) electrons. The fourth-order valence-corrected chi connectivity index (χ4v) is 4.28. The molecule has 0 bridgehead atoms. The maximum atomic E-state index is 13.2. The Balaban J connectivity index is 1.60. The van der Waals surface area contributed by atoms with Gasteiger partial charge in [0, 0.05) is 22.6 Å². The smallest absolute Gasteiger partial charge is 0.214 e. The highest BCUT2D eigenvalue weighted by atomic mass is 32.2. The summed E-state index contributed by atoms with van der Waals surface area (Å²) in [5, 5.41) is 12.2. The molecule has 146 valence electrons. The van der Waals surface area contributed by atoms with Crippen LogP contribution < -0.4 is 0 Å². The van der Waals surface area contributed by atoms with E-state index in [1.165, 1.54) is 11.8 Å². The van der Waals surface area contributed by atoms with Crippen molar-refractivity contribution in [2.75, 3.05) is 0 Å². The number of aromatic nitrogens is 5. The van der Waals surface area contributed by atoms with Gasteiger partial charge in [-0.05, 0) is 61.5 Å². The Labute approximate surface area is 173 Å². The second-order valence-electron chi connectivity index (χ2n) is 6.79. The molecule has 1 atom stereocenters. The third-order valence-electron chi connectivity index (χ3n) is 4.80. The topological polar surface area (TPSA) is 65.6 Å². The highest BCUT2D eigenvalue weighted by Gasteiger charge is 2.24. The number of carbonyl (C=O) groups is 1. The number of thioether (sulfide) groups is 1. The number of carbonyl (C=O) groups excluding carboxylic acids is 1. The minimum absolute atomic E-state index is 0.0629. The molecule has 6 nitrogen and oxygen atoms in total. The molecule has 0 saturated heterocycles. The van der Waals surface area contributed by atoms with Crippen LogP contribution in [0.5, 0.6) is 0 Å². The zero-order valence-electron chi connectivity index (χ0n) is 16.5. The van der Waals surface area contributed by atoms with E-state index in [4.69, 9.17) is 0 Å². The lowest BCUT2D eigenvalue weighted by Gasteiger charge is -2.12. The summed E-state index contributed by atoms with van der Waals surface area (Å²) in [5.74, 6) is 0.0629. The van der Waals surface area contributed by atoms with Gasteiger partial charge in [-0.3, -0.25) is 4.79 Å². The van der Waals surface area contributed by atoms with Gasteiger partial charge in [0.15, 0.2) is 5.78 Å². The van der Waals surface area contributed by atoms with E-state index in [1.54, 1.807) is 4.68 Å². The second kappa shape index (κ2) is 8.05. The van der Waals surface area contributed by atoms with Gasteiger partial charge in [-0.1, -0.05) is 48.2 Å². The number of hydrogen-bond donors (Lipinski definition) is 0. The largest absolute Gasteiger partial charge is 0.318 e. The molecule has 7 heteroatoms. The fourth-order valence-electron chi connectivity index (χ4n) is 3.40. The van der Waals surface area contributed by atoms with Crippen LogP contribution in [-0.4, -0.2) is 35.8 Å². The van der Waals surface area contributed by atoms with Gasteiger partial charge in [0.05, 0.1) is 10.9 Å². The first-order chi connectivity index (χ1) is 14.1. The van der Waals surface area contributed by atoms with Crippen molar-refractivity contribution < 1.29 is 4.79 Å². The molecule has 2 aromatic heterocycles. The molecule has 2 aromatic carbocycles. The summed E-state index contributed by atoms with van der Waals surface area (Å²) >= 11 is 1.36. The standard InChI is InChI=1S/C22H21N5OS/c1-15-14-20(16(2)26(15)18-10-6-4-7-11-18)21(28)17(3)29-22-23-24-25-27(22)19-12-8-5-9-13-19/h4-14,17H,1-3H3/t17-/m1/s1. The van der Waals surface area contributed by atoms with Crippen LogP contribution in [0.3, 0.4) is 0 Å². The van der Waals surface area contributed by atoms with Crippen molar-refractivity contribution in [1.29, 1.82) is 0 Å². The summed E-state index contributed by atoms with van der Waals surface area (Å²) in [6.45, 7) is 5.90. The van der Waals surface area contributed by atoms with E-state index in [2.05, 4.69) is 20.1 Å². The average Bonchev–Trinajstić information content (AvgIpc) is 3.32. The molecular formula is C22H21N5OS. The lowest BCUT2D eigenvalue weighted by Crippen LogP contribution is -2.15. The molecular weight excluding hydrogens is 382 g/mol. The van der Waals surface area contributed by atoms with Gasteiger partial charge in [0.25, 0.3) is 0 Å². The molecule has 29 heavy (non-hydrogen) atoms. The highest BCUT2D eigenvalue weighted by Crippen LogP contribution is 2.28. The van der Waals surface area contributed by atoms with Crippen molar-refractivity contribution in [2.24, 2.45) is 0 Å². The minimum atomic E-state index is -0.326. The van der Waals surface area contributed by atoms with E-state index >= 15 is 0 Å². The summed E-state index contributed by atoms with van der Waals surface area (Å²) in [4.78, 5) is 13.2. The summed E-state index contributed by atoms with van der Waals surface area (Å²) < 4.78 is 3.76. The Bertz CT molecular complexity index is 1130. The van der Waals surface area contributed by atoms with Gasteiger partial charge in [0.2, 0.25) is 5.16 Å². The predicted octanol–water partition coefficient (Wildman–Crippen LogP) is 4.43. The van der Waals surface area contributed by atoms with E-state index in [1.807, 2.05) is 87.5 Å². The van der Waals surface area contributed by atoms with Crippen LogP contribution in [0.2, 0.25) is 0 Å². The SMILES string of the molecule is Cc1cc(C(=O)[C@@H](C)Sc2nnnn2-c2ccccc2)c(C)n1-c1ccccc1. The van der Waals surface area contributed by atoms with Crippen molar-refractivity contribution in [3.63, 3.8) is 0 Å². The van der Waals surface area contributed by atoms with Gasteiger partial charge in [-0.15, -0.1) is 5.10 Å². The summed E-state index contributed by atoms with van der Waals surface area (Å²) in [7, 11) is 0. The Kier molecular flexibility index (Phi) is 5.31. The van der Waals surface area contributed by atoms with E-state index < -0.39 is 0 Å². The zero-order valence-corrected chi connectivity index (χ0v) is 17.3. The molecule has 0 spiro atoms. The molecule has 2 heterocycles. The Morgan fingerprint density at radius 3 is 2.24 bits per heavy atom. The maximum Gasteiger partial charge on any atom is 0.214 e.